The van der Waals surface area contributed by atoms with E-state index in [2.05, 4.69) is 5.32 Å². The molecule has 118 valence electrons. The van der Waals surface area contributed by atoms with Crippen molar-refractivity contribution in [1.82, 2.24) is 4.57 Å². The highest BCUT2D eigenvalue weighted by atomic mass is 16.1. The number of anilines is 1. The molecule has 0 saturated heterocycles. The predicted molar refractivity (Wildman–Crippen MR) is 89.1 cm³/mol. The molecular formula is C18H19N3O2. The van der Waals surface area contributed by atoms with Crippen LogP contribution in [0.3, 0.4) is 0 Å². The number of hydrogen-bond donors (Lipinski definition) is 1. The number of rotatable bonds is 6. The van der Waals surface area contributed by atoms with Crippen molar-refractivity contribution in [3.05, 3.63) is 64.1 Å². The molecule has 0 unspecified atom stereocenters. The Balaban J connectivity index is 1.78. The number of nitrogens with one attached hydrogen (secondary N) is 1. The maximum absolute atomic E-state index is 11.9. The van der Waals surface area contributed by atoms with Crippen LogP contribution in [0, 0.1) is 18.3 Å². The van der Waals surface area contributed by atoms with E-state index in [-0.39, 0.29) is 11.5 Å². The minimum absolute atomic E-state index is 0.0188. The lowest BCUT2D eigenvalue weighted by Gasteiger charge is -2.07. The zero-order chi connectivity index (χ0) is 16.7. The number of hydrogen-bond acceptors (Lipinski definition) is 3. The molecule has 0 radical (unpaired) electrons. The highest BCUT2D eigenvalue weighted by Gasteiger charge is 2.04. The number of amides is 1. The van der Waals surface area contributed by atoms with Crippen LogP contribution in [0.2, 0.25) is 0 Å². The van der Waals surface area contributed by atoms with Gasteiger partial charge in [-0.3, -0.25) is 9.59 Å². The summed E-state index contributed by atoms with van der Waals surface area (Å²) in [6, 6.07) is 12.5. The summed E-state index contributed by atoms with van der Waals surface area (Å²) in [5.41, 5.74) is 1.89. The van der Waals surface area contributed by atoms with Gasteiger partial charge in [-0.05, 0) is 44.0 Å². The third-order valence-corrected chi connectivity index (χ3v) is 3.54. The van der Waals surface area contributed by atoms with Gasteiger partial charge in [-0.25, -0.2) is 0 Å². The maximum atomic E-state index is 11.9. The summed E-state index contributed by atoms with van der Waals surface area (Å²) in [6.07, 6.45) is 3.61. The smallest absolute Gasteiger partial charge is 0.253 e. The van der Waals surface area contributed by atoms with Gasteiger partial charge in [0.2, 0.25) is 5.91 Å². The van der Waals surface area contributed by atoms with Gasteiger partial charge in [-0.2, -0.15) is 5.26 Å². The fourth-order valence-corrected chi connectivity index (χ4v) is 2.29. The van der Waals surface area contributed by atoms with Crippen LogP contribution in [0.25, 0.3) is 0 Å². The fourth-order valence-electron chi connectivity index (χ4n) is 2.29. The molecule has 0 aliphatic rings. The third-order valence-electron chi connectivity index (χ3n) is 3.54. The molecule has 5 nitrogen and oxygen atoms in total. The average molecular weight is 309 g/mol. The number of benzene rings is 1. The van der Waals surface area contributed by atoms with E-state index in [1.807, 2.05) is 12.1 Å². The largest absolute Gasteiger partial charge is 0.326 e. The Morgan fingerprint density at radius 1 is 1.26 bits per heavy atom. The van der Waals surface area contributed by atoms with Crippen LogP contribution in [-0.4, -0.2) is 10.5 Å². The number of nitriles is 1. The second-order valence-electron chi connectivity index (χ2n) is 5.39. The van der Waals surface area contributed by atoms with Gasteiger partial charge >= 0.3 is 0 Å². The summed E-state index contributed by atoms with van der Waals surface area (Å²) in [4.78, 5) is 23.7. The van der Waals surface area contributed by atoms with Gasteiger partial charge in [-0.1, -0.05) is 12.1 Å². The Bertz CT molecular complexity index is 787. The van der Waals surface area contributed by atoms with E-state index in [4.69, 9.17) is 5.26 Å². The lowest BCUT2D eigenvalue weighted by Crippen LogP contribution is -2.21. The Hall–Kier alpha value is -2.87. The molecule has 1 aromatic heterocycles. The first-order valence-corrected chi connectivity index (χ1v) is 7.56. The molecule has 1 N–H and O–H groups in total. The Morgan fingerprint density at radius 2 is 2.09 bits per heavy atom. The average Bonchev–Trinajstić information content (AvgIpc) is 2.55. The van der Waals surface area contributed by atoms with Crippen molar-refractivity contribution < 1.29 is 4.79 Å². The minimum Gasteiger partial charge on any atom is -0.326 e. The molecule has 0 saturated carbocycles. The zero-order valence-electron chi connectivity index (χ0n) is 13.1. The third kappa shape index (κ3) is 4.82. The monoisotopic (exact) mass is 309 g/mol. The Kier molecular flexibility index (Phi) is 5.70. The van der Waals surface area contributed by atoms with Gasteiger partial charge in [-0.15, -0.1) is 0 Å². The highest BCUT2D eigenvalue weighted by molar-refractivity contribution is 5.90. The summed E-state index contributed by atoms with van der Waals surface area (Å²) >= 11 is 0. The molecule has 23 heavy (non-hydrogen) atoms. The zero-order valence-corrected chi connectivity index (χ0v) is 13.1. The van der Waals surface area contributed by atoms with Gasteiger partial charge in [0.05, 0.1) is 11.6 Å². The first kappa shape index (κ1) is 16.5. The van der Waals surface area contributed by atoms with E-state index in [1.165, 1.54) is 0 Å². The standard InChI is InChI=1S/C18H19N3O2/c1-14-6-5-11-21(18(14)23)10-3-2-9-17(22)20-16-8-4-7-15(12-16)13-19/h4-8,11-12H,2-3,9-10H2,1H3,(H,20,22). The second-order valence-corrected chi connectivity index (χ2v) is 5.39. The van der Waals surface area contributed by atoms with Crippen LogP contribution in [0.4, 0.5) is 5.69 Å². The molecule has 0 spiro atoms. The van der Waals surface area contributed by atoms with Crippen LogP contribution in [0.1, 0.15) is 30.4 Å². The van der Waals surface area contributed by atoms with Crippen LogP contribution in [0.5, 0.6) is 0 Å². The summed E-state index contributed by atoms with van der Waals surface area (Å²) in [7, 11) is 0. The van der Waals surface area contributed by atoms with Gasteiger partial charge < -0.3 is 9.88 Å². The van der Waals surface area contributed by atoms with Crippen LogP contribution in [-0.2, 0) is 11.3 Å². The summed E-state index contributed by atoms with van der Waals surface area (Å²) in [5, 5.41) is 11.6. The van der Waals surface area contributed by atoms with E-state index >= 15 is 0 Å². The Labute approximate surface area is 135 Å². The highest BCUT2D eigenvalue weighted by Crippen LogP contribution is 2.10. The van der Waals surface area contributed by atoms with E-state index < -0.39 is 0 Å². The number of carbonyl (C=O) groups excluding carboxylic acids is 1. The summed E-state index contributed by atoms with van der Waals surface area (Å²) < 4.78 is 1.67. The normalized spacial score (nSPS) is 10.1. The molecule has 1 heterocycles. The van der Waals surface area contributed by atoms with Crippen molar-refractivity contribution in [2.75, 3.05) is 5.32 Å². The molecule has 0 fully saturated rings. The first-order chi connectivity index (χ1) is 11.1. The van der Waals surface area contributed by atoms with Crippen molar-refractivity contribution >= 4 is 11.6 Å². The van der Waals surface area contributed by atoms with Crippen LogP contribution in [0.15, 0.2) is 47.4 Å². The van der Waals surface area contributed by atoms with E-state index in [0.717, 1.165) is 12.0 Å². The van der Waals surface area contributed by atoms with E-state index in [0.29, 0.717) is 30.6 Å². The van der Waals surface area contributed by atoms with Gasteiger partial charge in [0.1, 0.15) is 0 Å². The molecule has 0 aliphatic heterocycles. The predicted octanol–water partition coefficient (Wildman–Crippen LogP) is 2.84. The van der Waals surface area contributed by atoms with Crippen molar-refractivity contribution in [2.24, 2.45) is 0 Å². The number of unbranched alkanes of at least 4 members (excludes halogenated alkanes) is 1. The first-order valence-electron chi connectivity index (χ1n) is 7.56. The molecule has 2 aromatic rings. The van der Waals surface area contributed by atoms with Crippen molar-refractivity contribution in [3.8, 4) is 6.07 Å². The quantitative estimate of drug-likeness (QED) is 0.834. The lowest BCUT2D eigenvalue weighted by molar-refractivity contribution is -0.116. The van der Waals surface area contributed by atoms with Crippen molar-refractivity contribution in [3.63, 3.8) is 0 Å². The van der Waals surface area contributed by atoms with Crippen molar-refractivity contribution in [2.45, 2.75) is 32.7 Å². The molecule has 0 atom stereocenters. The molecule has 1 aromatic carbocycles. The van der Waals surface area contributed by atoms with Crippen LogP contribution < -0.4 is 10.9 Å². The lowest BCUT2D eigenvalue weighted by atomic mass is 10.2. The van der Waals surface area contributed by atoms with Crippen LogP contribution >= 0.6 is 0 Å². The number of carbonyl (C=O) groups is 1. The Morgan fingerprint density at radius 3 is 2.87 bits per heavy atom. The van der Waals surface area contributed by atoms with Crippen molar-refractivity contribution in [1.29, 1.82) is 5.26 Å². The topological polar surface area (TPSA) is 74.9 Å². The maximum Gasteiger partial charge on any atom is 0.253 e. The number of pyridine rings is 1. The van der Waals surface area contributed by atoms with E-state index in [9.17, 15) is 9.59 Å². The molecule has 0 aliphatic carbocycles. The molecule has 1 amide bonds. The van der Waals surface area contributed by atoms with Gasteiger partial charge in [0.15, 0.2) is 0 Å². The second kappa shape index (κ2) is 7.95. The molecule has 0 bridgehead atoms. The molecule has 5 heteroatoms. The number of aromatic nitrogens is 1. The summed E-state index contributed by atoms with van der Waals surface area (Å²) in [6.45, 7) is 2.40. The number of aryl methyl sites for hydroxylation is 2. The fraction of sp³-hybridized carbons (Fsp3) is 0.278. The molecule has 2 rings (SSSR count). The van der Waals surface area contributed by atoms with E-state index in [1.54, 1.807) is 48.0 Å². The van der Waals surface area contributed by atoms with Gasteiger partial charge in [0, 0.05) is 30.4 Å². The SMILES string of the molecule is Cc1cccn(CCCCC(=O)Nc2cccc(C#N)c2)c1=O. The molecular weight excluding hydrogens is 290 g/mol. The van der Waals surface area contributed by atoms with Gasteiger partial charge in [0.25, 0.3) is 5.56 Å². The number of nitrogens with zero attached hydrogens (tertiary/aromatic N) is 2. The minimum atomic E-state index is -0.0864. The summed E-state index contributed by atoms with van der Waals surface area (Å²) in [5.74, 6) is -0.0864.